The Bertz CT molecular complexity index is 1150. The number of benzene rings is 2. The highest BCUT2D eigenvalue weighted by molar-refractivity contribution is 7.15. The van der Waals surface area contributed by atoms with Gasteiger partial charge in [-0.05, 0) is 31.0 Å². The normalized spacial score (nSPS) is 11.0. The second kappa shape index (κ2) is 8.45. The summed E-state index contributed by atoms with van der Waals surface area (Å²) in [6.45, 7) is 4.53. The van der Waals surface area contributed by atoms with Crippen LogP contribution in [0.15, 0.2) is 53.9 Å². The Hall–Kier alpha value is -3.19. The number of nitrogens with zero attached hydrogens (tertiary/aromatic N) is 3. The third-order valence-electron chi connectivity index (χ3n) is 4.69. The summed E-state index contributed by atoms with van der Waals surface area (Å²) in [6.07, 6.45) is 0.673. The predicted octanol–water partition coefficient (Wildman–Crippen LogP) is 3.81. The molecule has 2 heterocycles. The van der Waals surface area contributed by atoms with Crippen molar-refractivity contribution < 1.29 is 9.53 Å². The topological polar surface area (TPSA) is 68.5 Å². The van der Waals surface area contributed by atoms with Gasteiger partial charge in [0.2, 0.25) is 4.96 Å². The van der Waals surface area contributed by atoms with Crippen LogP contribution in [0.5, 0.6) is 5.75 Å². The van der Waals surface area contributed by atoms with Crippen LogP contribution in [-0.4, -0.2) is 33.7 Å². The third-order valence-corrected chi connectivity index (χ3v) is 5.56. The van der Waals surface area contributed by atoms with Gasteiger partial charge in [-0.15, -0.1) is 16.4 Å². The monoisotopic (exact) mass is 406 g/mol. The van der Waals surface area contributed by atoms with Gasteiger partial charge >= 0.3 is 0 Å². The molecule has 6 nitrogen and oxygen atoms in total. The molecule has 2 aromatic heterocycles. The first-order valence-electron chi connectivity index (χ1n) is 9.46. The van der Waals surface area contributed by atoms with Gasteiger partial charge in [0.1, 0.15) is 5.75 Å². The lowest BCUT2D eigenvalue weighted by Crippen LogP contribution is -2.30. The number of aromatic nitrogens is 3. The van der Waals surface area contributed by atoms with Crippen molar-refractivity contribution in [3.63, 3.8) is 0 Å². The molecule has 4 aromatic rings. The van der Waals surface area contributed by atoms with Crippen LogP contribution in [0.4, 0.5) is 0 Å². The summed E-state index contributed by atoms with van der Waals surface area (Å²) < 4.78 is 7.45. The van der Waals surface area contributed by atoms with Gasteiger partial charge in [0, 0.05) is 23.9 Å². The molecule has 4 rings (SSSR count). The molecule has 0 aliphatic rings. The van der Waals surface area contributed by atoms with Crippen molar-refractivity contribution in [1.29, 1.82) is 0 Å². The Morgan fingerprint density at radius 3 is 2.66 bits per heavy atom. The van der Waals surface area contributed by atoms with Gasteiger partial charge in [0.05, 0.1) is 5.69 Å². The van der Waals surface area contributed by atoms with Gasteiger partial charge in [-0.3, -0.25) is 4.79 Å². The van der Waals surface area contributed by atoms with E-state index in [9.17, 15) is 4.79 Å². The average molecular weight is 407 g/mol. The Morgan fingerprint density at radius 1 is 1.10 bits per heavy atom. The molecule has 0 saturated carbocycles. The van der Waals surface area contributed by atoms with E-state index in [1.54, 1.807) is 11.3 Å². The van der Waals surface area contributed by atoms with Crippen molar-refractivity contribution in [1.82, 2.24) is 19.9 Å². The molecule has 2 aromatic carbocycles. The molecule has 0 unspecified atom stereocenters. The van der Waals surface area contributed by atoms with E-state index in [0.717, 1.165) is 38.9 Å². The number of hydrogen-bond acceptors (Lipinski definition) is 5. The number of amides is 1. The standard InChI is InChI=1S/C22H22N4O2S/c1-15-7-3-5-9-18(15)21-24-22-26(25-21)17(14-29-22)11-12-23-20(27)13-28-19-10-6-4-8-16(19)2/h3-10,14H,11-13H2,1-2H3,(H,23,27). The maximum atomic E-state index is 12.1. The van der Waals surface area contributed by atoms with Gasteiger partial charge in [0.25, 0.3) is 5.91 Å². The number of para-hydroxylation sites is 1. The van der Waals surface area contributed by atoms with Gasteiger partial charge in [-0.1, -0.05) is 42.5 Å². The predicted molar refractivity (Wildman–Crippen MR) is 114 cm³/mol. The molecule has 0 saturated heterocycles. The largest absolute Gasteiger partial charge is 0.484 e. The van der Waals surface area contributed by atoms with Crippen LogP contribution in [-0.2, 0) is 11.2 Å². The lowest BCUT2D eigenvalue weighted by Gasteiger charge is -2.09. The third kappa shape index (κ3) is 4.30. The molecule has 29 heavy (non-hydrogen) atoms. The quantitative estimate of drug-likeness (QED) is 0.507. The number of thiazole rings is 1. The van der Waals surface area contributed by atoms with Gasteiger partial charge in [0.15, 0.2) is 12.4 Å². The molecule has 1 amide bonds. The minimum atomic E-state index is -0.140. The molecule has 0 spiro atoms. The summed E-state index contributed by atoms with van der Waals surface area (Å²) in [5.41, 5.74) is 4.22. The Morgan fingerprint density at radius 2 is 1.86 bits per heavy atom. The molecule has 7 heteroatoms. The van der Waals surface area contributed by atoms with Crippen molar-refractivity contribution in [3.05, 3.63) is 70.7 Å². The van der Waals surface area contributed by atoms with Crippen molar-refractivity contribution in [2.45, 2.75) is 20.3 Å². The SMILES string of the molecule is Cc1ccccc1OCC(=O)NCCc1csc2nc(-c3ccccc3C)nn12. The molecular weight excluding hydrogens is 384 g/mol. The van der Waals surface area contributed by atoms with E-state index in [1.165, 1.54) is 0 Å². The number of rotatable bonds is 7. The summed E-state index contributed by atoms with van der Waals surface area (Å²) in [4.78, 5) is 17.6. The number of nitrogens with one attached hydrogen (secondary N) is 1. The molecule has 0 bridgehead atoms. The van der Waals surface area contributed by atoms with Crippen LogP contribution in [0.25, 0.3) is 16.3 Å². The van der Waals surface area contributed by atoms with Crippen LogP contribution < -0.4 is 10.1 Å². The first kappa shape index (κ1) is 19.1. The zero-order valence-electron chi connectivity index (χ0n) is 16.4. The van der Waals surface area contributed by atoms with E-state index < -0.39 is 0 Å². The van der Waals surface area contributed by atoms with Crippen molar-refractivity contribution in [3.8, 4) is 17.1 Å². The molecule has 0 radical (unpaired) electrons. The highest BCUT2D eigenvalue weighted by Gasteiger charge is 2.13. The van der Waals surface area contributed by atoms with Gasteiger partial charge in [-0.2, -0.15) is 4.98 Å². The fraction of sp³-hybridized carbons (Fsp3) is 0.227. The lowest BCUT2D eigenvalue weighted by molar-refractivity contribution is -0.123. The number of carbonyl (C=O) groups excluding carboxylic acids is 1. The fourth-order valence-electron chi connectivity index (χ4n) is 3.08. The summed E-state index contributed by atoms with van der Waals surface area (Å²) >= 11 is 1.56. The summed E-state index contributed by atoms with van der Waals surface area (Å²) in [5, 5.41) is 9.60. The van der Waals surface area contributed by atoms with Crippen LogP contribution in [0, 0.1) is 13.8 Å². The summed E-state index contributed by atoms with van der Waals surface area (Å²) in [7, 11) is 0. The molecule has 0 atom stereocenters. The van der Waals surface area contributed by atoms with Crippen LogP contribution >= 0.6 is 11.3 Å². The molecular formula is C22H22N4O2S. The van der Waals surface area contributed by atoms with E-state index in [2.05, 4.69) is 28.4 Å². The molecule has 0 aliphatic carbocycles. The van der Waals surface area contributed by atoms with Crippen LogP contribution in [0.1, 0.15) is 16.8 Å². The summed E-state index contributed by atoms with van der Waals surface area (Å²) in [5.74, 6) is 1.32. The number of hydrogen-bond donors (Lipinski definition) is 1. The highest BCUT2D eigenvalue weighted by Crippen LogP contribution is 2.23. The number of aryl methyl sites for hydroxylation is 2. The minimum Gasteiger partial charge on any atom is -0.484 e. The highest BCUT2D eigenvalue weighted by atomic mass is 32.1. The average Bonchev–Trinajstić information content (AvgIpc) is 3.29. The Labute approximate surface area is 173 Å². The smallest absolute Gasteiger partial charge is 0.257 e. The molecule has 1 N–H and O–H groups in total. The van der Waals surface area contributed by atoms with E-state index in [1.807, 2.05) is 59.3 Å². The minimum absolute atomic E-state index is 0.00462. The number of fused-ring (bicyclic) bond motifs is 1. The Balaban J connectivity index is 1.35. The van der Waals surface area contributed by atoms with Crippen LogP contribution in [0.3, 0.4) is 0 Å². The van der Waals surface area contributed by atoms with Crippen molar-refractivity contribution in [2.24, 2.45) is 0 Å². The zero-order valence-corrected chi connectivity index (χ0v) is 17.2. The van der Waals surface area contributed by atoms with E-state index in [4.69, 9.17) is 4.74 Å². The second-order valence-electron chi connectivity index (χ2n) is 6.83. The molecule has 0 aliphatic heterocycles. The molecule has 148 valence electrons. The maximum Gasteiger partial charge on any atom is 0.257 e. The molecule has 0 fully saturated rings. The first-order chi connectivity index (χ1) is 14.1. The van der Waals surface area contributed by atoms with Gasteiger partial charge in [-0.25, -0.2) is 4.52 Å². The van der Waals surface area contributed by atoms with E-state index in [-0.39, 0.29) is 12.5 Å². The zero-order chi connectivity index (χ0) is 20.2. The van der Waals surface area contributed by atoms with Crippen molar-refractivity contribution >= 4 is 22.2 Å². The fourth-order valence-corrected chi connectivity index (χ4v) is 3.93. The first-order valence-corrected chi connectivity index (χ1v) is 10.3. The van der Waals surface area contributed by atoms with E-state index >= 15 is 0 Å². The number of carbonyl (C=O) groups is 1. The maximum absolute atomic E-state index is 12.1. The second-order valence-corrected chi connectivity index (χ2v) is 7.66. The van der Waals surface area contributed by atoms with Gasteiger partial charge < -0.3 is 10.1 Å². The Kier molecular flexibility index (Phi) is 5.57. The number of ether oxygens (including phenoxy) is 1. The lowest BCUT2D eigenvalue weighted by atomic mass is 10.1. The van der Waals surface area contributed by atoms with Crippen molar-refractivity contribution in [2.75, 3.05) is 13.2 Å². The summed E-state index contributed by atoms with van der Waals surface area (Å²) in [6, 6.07) is 15.7. The van der Waals surface area contributed by atoms with Crippen LogP contribution in [0.2, 0.25) is 0 Å². The van der Waals surface area contributed by atoms with E-state index in [0.29, 0.717) is 13.0 Å².